The summed E-state index contributed by atoms with van der Waals surface area (Å²) in [6, 6.07) is 52.9. The van der Waals surface area contributed by atoms with Crippen molar-refractivity contribution in [1.29, 1.82) is 0 Å². The van der Waals surface area contributed by atoms with Crippen molar-refractivity contribution in [3.63, 3.8) is 0 Å². The first-order valence-electron chi connectivity index (χ1n) is 33.4. The van der Waals surface area contributed by atoms with Gasteiger partial charge in [-0.05, 0) is 94.3 Å². The van der Waals surface area contributed by atoms with Crippen LogP contribution in [0, 0.1) is 10.8 Å². The molecule has 3 saturated heterocycles. The van der Waals surface area contributed by atoms with Crippen LogP contribution in [0.5, 0.6) is 0 Å². The van der Waals surface area contributed by atoms with Gasteiger partial charge in [-0.1, -0.05) is 211 Å². The van der Waals surface area contributed by atoms with E-state index in [-0.39, 0.29) is 65.0 Å². The molecule has 0 saturated carbocycles. The Morgan fingerprint density at radius 3 is 1.30 bits per heavy atom. The molecule has 3 fully saturated rings. The smallest absolute Gasteiger partial charge is 0.338 e. The molecule has 100 heavy (non-hydrogen) atoms. The van der Waals surface area contributed by atoms with E-state index in [9.17, 15) is 19.5 Å². The van der Waals surface area contributed by atoms with Crippen LogP contribution in [-0.4, -0.2) is 151 Å². The van der Waals surface area contributed by atoms with Crippen LogP contribution in [0.2, 0.25) is 0 Å². The number of benzene rings is 6. The zero-order valence-corrected chi connectivity index (χ0v) is 59.2. The van der Waals surface area contributed by atoms with Crippen molar-refractivity contribution in [3.8, 4) is 0 Å². The maximum Gasteiger partial charge on any atom is 0.338 e. The molecule has 3 heterocycles. The van der Waals surface area contributed by atoms with E-state index in [1.54, 1.807) is 65.8 Å². The normalized spacial score (nSPS) is 25.6. The maximum atomic E-state index is 15.1. The van der Waals surface area contributed by atoms with Gasteiger partial charge < -0.3 is 76.7 Å². The SMILES string of the molecule is C=CCCCO[C@@H]1O[C@H](COCc2ccccc2)[C@@H](O[C@@H]2O[C@H](COCc3ccccc3)[C@H](OCc3ccccc3)[C@H](O[C@@H]3O[C@H](COCc4ccccc4)[C@@H](O)[C@H](OC(=O)c4ccccc4)[C@H]3NC(=O)C(Cl)(Cl)Cl)[C@H]2OC(=O)C(C)(C)C)[C@H](OCc2ccccc2)[C@H]1OC(=O)C(C)(C)C. The molecular weight excluding hydrogens is 1350 g/mol. The lowest BCUT2D eigenvalue weighted by Gasteiger charge is -2.51. The number of carbonyl (C=O) groups is 4. The molecule has 20 nitrogen and oxygen atoms in total. The van der Waals surface area contributed by atoms with E-state index in [1.165, 1.54) is 12.1 Å². The van der Waals surface area contributed by atoms with E-state index in [0.717, 1.165) is 22.3 Å². The van der Waals surface area contributed by atoms with Crippen LogP contribution in [-0.2, 0) is 114 Å². The molecule has 6 aromatic rings. The molecule has 0 spiro atoms. The lowest BCUT2D eigenvalue weighted by molar-refractivity contribution is -0.383. The molecule has 9 rings (SSSR count). The third kappa shape index (κ3) is 22.7. The van der Waals surface area contributed by atoms with Crippen molar-refractivity contribution in [2.24, 2.45) is 10.8 Å². The second kappa shape index (κ2) is 37.5. The fraction of sp³-hybridized carbons (Fsp3) is 0.455. The zero-order chi connectivity index (χ0) is 71.2. The van der Waals surface area contributed by atoms with Crippen LogP contribution in [0.3, 0.4) is 0 Å². The van der Waals surface area contributed by atoms with Gasteiger partial charge in [0.1, 0.15) is 54.9 Å². The van der Waals surface area contributed by atoms with Gasteiger partial charge in [0, 0.05) is 0 Å². The van der Waals surface area contributed by atoms with E-state index in [2.05, 4.69) is 11.9 Å². The monoisotopic (exact) mass is 1440 g/mol. The minimum Gasteiger partial charge on any atom is -0.454 e. The van der Waals surface area contributed by atoms with E-state index in [0.29, 0.717) is 18.4 Å². The highest BCUT2D eigenvalue weighted by Crippen LogP contribution is 2.40. The van der Waals surface area contributed by atoms with Crippen LogP contribution in [0.1, 0.15) is 92.6 Å². The Kier molecular flexibility index (Phi) is 29.0. The number of rotatable bonds is 32. The van der Waals surface area contributed by atoms with Crippen molar-refractivity contribution >= 4 is 58.6 Å². The molecule has 15 atom stereocenters. The summed E-state index contributed by atoms with van der Waals surface area (Å²) in [6.45, 7) is 13.4. The summed E-state index contributed by atoms with van der Waals surface area (Å²) in [5.41, 5.74) is 1.65. The second-order valence-corrected chi connectivity index (χ2v) is 28.9. The first-order valence-corrected chi connectivity index (χ1v) is 34.6. The van der Waals surface area contributed by atoms with Gasteiger partial charge in [0.2, 0.25) is 0 Å². The molecule has 3 aliphatic rings. The summed E-state index contributed by atoms with van der Waals surface area (Å²) in [4.78, 5) is 58.4. The highest BCUT2D eigenvalue weighted by atomic mass is 35.6. The Bertz CT molecular complexity index is 3460. The van der Waals surface area contributed by atoms with Crippen molar-refractivity contribution in [2.45, 2.75) is 183 Å². The number of alkyl halides is 3. The Balaban J connectivity index is 1.23. The predicted molar refractivity (Wildman–Crippen MR) is 372 cm³/mol. The van der Waals surface area contributed by atoms with Crippen LogP contribution in [0.4, 0.5) is 0 Å². The molecule has 0 bridgehead atoms. The third-order valence-corrected chi connectivity index (χ3v) is 17.1. The standard InChI is InChI=1S/C77H90Cl3NO19/c1-8-9-28-41-90-70-66(99-73(85)75(2,3)4)64(92-46-54-37-24-14-25-38-54)62(58(94-70)49-89-44-52-33-20-12-21-34-52)97-71-67(100-74(86)76(5,6)7)65(61(91-45-53-35-22-13-23-36-53)57(95-71)48-88-43-51-31-18-11-19-32-51)98-69-59(81-72(84)77(78,79)80)63(96-68(83)55-39-26-15-27-40-55)60(82)56(93-69)47-87-42-50-29-16-10-17-30-50/h8,10-27,29-40,56-67,69-71,82H,1,9,28,41-49H2,2-7H3,(H,81,84)/t56-,57-,58-,59-,60-,61+,62-,63-,64+,65+,66-,67-,69+,70-,71+/m1/s1. The van der Waals surface area contributed by atoms with Crippen molar-refractivity contribution in [2.75, 3.05) is 26.4 Å². The molecule has 538 valence electrons. The largest absolute Gasteiger partial charge is 0.454 e. The number of ether oxygens (including phenoxy) is 14. The zero-order valence-electron chi connectivity index (χ0n) is 57.0. The molecule has 23 heteroatoms. The van der Waals surface area contributed by atoms with Gasteiger partial charge in [-0.3, -0.25) is 14.4 Å². The van der Waals surface area contributed by atoms with Gasteiger partial charge in [-0.25, -0.2) is 4.79 Å². The number of unbranched alkanes of at least 4 members (excludes halogenated alkanes) is 1. The lowest BCUT2D eigenvalue weighted by Crippen LogP contribution is -2.70. The minimum absolute atomic E-state index is 0.0440. The molecule has 6 aromatic carbocycles. The third-order valence-electron chi connectivity index (χ3n) is 16.5. The first kappa shape index (κ1) is 77.5. The fourth-order valence-electron chi connectivity index (χ4n) is 11.2. The second-order valence-electron chi connectivity index (χ2n) is 26.6. The highest BCUT2D eigenvalue weighted by molar-refractivity contribution is 6.76. The average Bonchev–Trinajstić information content (AvgIpc) is 0.761. The van der Waals surface area contributed by atoms with E-state index in [4.69, 9.17) is 101 Å². The number of hydrogen-bond donors (Lipinski definition) is 2. The van der Waals surface area contributed by atoms with Gasteiger partial charge in [-0.2, -0.15) is 0 Å². The van der Waals surface area contributed by atoms with E-state index < -0.39 is 130 Å². The Morgan fingerprint density at radius 2 is 0.850 bits per heavy atom. The Labute approximate surface area is 599 Å². The number of nitrogens with one attached hydrogen (secondary N) is 1. The summed E-state index contributed by atoms with van der Waals surface area (Å²) in [5.74, 6) is -3.55. The molecular formula is C77H90Cl3NO19. The fourth-order valence-corrected chi connectivity index (χ4v) is 11.3. The quantitative estimate of drug-likeness (QED) is 0.0131. The number of carbonyl (C=O) groups excluding carboxylic acids is 4. The molecule has 0 unspecified atom stereocenters. The van der Waals surface area contributed by atoms with E-state index in [1.807, 2.05) is 152 Å². The number of amides is 1. The predicted octanol–water partition coefficient (Wildman–Crippen LogP) is 12.1. The Hall–Kier alpha value is -6.67. The molecule has 0 radical (unpaired) electrons. The average molecular weight is 1440 g/mol. The summed E-state index contributed by atoms with van der Waals surface area (Å²) < 4.78 is 93.0. The Morgan fingerprint density at radius 1 is 0.460 bits per heavy atom. The van der Waals surface area contributed by atoms with Gasteiger partial charge >= 0.3 is 17.9 Å². The topological polar surface area (TPSA) is 230 Å². The summed E-state index contributed by atoms with van der Waals surface area (Å²) in [7, 11) is 0. The van der Waals surface area contributed by atoms with Crippen LogP contribution >= 0.6 is 34.8 Å². The van der Waals surface area contributed by atoms with Gasteiger partial charge in [0.15, 0.2) is 37.2 Å². The van der Waals surface area contributed by atoms with Crippen molar-refractivity contribution < 1.29 is 90.6 Å². The molecule has 1 amide bonds. The molecule has 0 aromatic heterocycles. The van der Waals surface area contributed by atoms with Crippen molar-refractivity contribution in [3.05, 3.63) is 228 Å². The number of aliphatic hydroxyl groups is 1. The highest BCUT2D eigenvalue weighted by Gasteiger charge is 2.59. The number of hydrogen-bond acceptors (Lipinski definition) is 19. The van der Waals surface area contributed by atoms with E-state index >= 15 is 4.79 Å². The van der Waals surface area contributed by atoms with Crippen LogP contribution < -0.4 is 5.32 Å². The minimum atomic E-state index is -2.67. The lowest BCUT2D eigenvalue weighted by atomic mass is 9.93. The van der Waals surface area contributed by atoms with Gasteiger partial charge in [0.05, 0.1) is 75.9 Å². The van der Waals surface area contributed by atoms with Crippen LogP contribution in [0.15, 0.2) is 195 Å². The number of halogens is 3. The van der Waals surface area contributed by atoms with Crippen molar-refractivity contribution in [1.82, 2.24) is 5.32 Å². The molecule has 3 aliphatic heterocycles. The molecule has 0 aliphatic carbocycles. The summed E-state index contributed by atoms with van der Waals surface area (Å²) in [6.07, 6.45) is -18.3. The first-order chi connectivity index (χ1) is 48.0. The summed E-state index contributed by atoms with van der Waals surface area (Å²) >= 11 is 19.1. The summed E-state index contributed by atoms with van der Waals surface area (Å²) in [5, 5.41) is 15.3. The molecule has 2 N–H and O–H groups in total. The number of aliphatic hydroxyl groups excluding tert-OH is 1. The number of esters is 3. The maximum absolute atomic E-state index is 15.1. The van der Waals surface area contributed by atoms with Gasteiger partial charge in [-0.15, -0.1) is 6.58 Å². The van der Waals surface area contributed by atoms with Crippen LogP contribution in [0.25, 0.3) is 0 Å². The van der Waals surface area contributed by atoms with Gasteiger partial charge in [0.25, 0.3) is 9.70 Å². The number of allylic oxidation sites excluding steroid dienone is 1.